The number of nitrogens with zero attached hydrogens (tertiary/aromatic N) is 1. The summed E-state index contributed by atoms with van der Waals surface area (Å²) in [6.45, 7) is 1.76. The molecule has 2 aromatic rings. The highest BCUT2D eigenvalue weighted by Gasteiger charge is 2.32. The van der Waals surface area contributed by atoms with E-state index in [4.69, 9.17) is 5.26 Å². The van der Waals surface area contributed by atoms with Crippen LogP contribution in [-0.2, 0) is 0 Å². The molecule has 0 atom stereocenters. The van der Waals surface area contributed by atoms with E-state index >= 15 is 0 Å². The summed E-state index contributed by atoms with van der Waals surface area (Å²) in [5.74, 6) is -0.279. The molecule has 0 aliphatic rings. The van der Waals surface area contributed by atoms with Gasteiger partial charge in [-0.15, -0.1) is 13.2 Å². The van der Waals surface area contributed by atoms with E-state index in [1.54, 1.807) is 31.2 Å². The molecule has 0 amide bonds. The number of rotatable bonds is 2. The predicted octanol–water partition coefficient (Wildman–Crippen LogP) is 4.43. The Morgan fingerprint density at radius 3 is 2.40 bits per heavy atom. The molecule has 0 saturated carbocycles. The first-order valence-electron chi connectivity index (χ1n) is 5.76. The maximum absolute atomic E-state index is 12.4. The van der Waals surface area contributed by atoms with Crippen LogP contribution < -0.4 is 4.74 Å². The van der Waals surface area contributed by atoms with E-state index in [9.17, 15) is 13.2 Å². The maximum Gasteiger partial charge on any atom is 0.573 e. The highest BCUT2D eigenvalue weighted by Crippen LogP contribution is 2.35. The van der Waals surface area contributed by atoms with Crippen LogP contribution in [0.2, 0.25) is 0 Å². The molecule has 0 aromatic heterocycles. The lowest BCUT2D eigenvalue weighted by molar-refractivity contribution is -0.274. The highest BCUT2D eigenvalue weighted by molar-refractivity contribution is 5.74. The number of hydrogen-bond donors (Lipinski definition) is 0. The van der Waals surface area contributed by atoms with Crippen LogP contribution in [0.4, 0.5) is 13.2 Å². The van der Waals surface area contributed by atoms with Crippen molar-refractivity contribution in [3.8, 4) is 22.9 Å². The van der Waals surface area contributed by atoms with Gasteiger partial charge in [0.25, 0.3) is 0 Å². The van der Waals surface area contributed by atoms with Crippen LogP contribution in [-0.4, -0.2) is 6.36 Å². The normalized spacial score (nSPS) is 10.9. The van der Waals surface area contributed by atoms with Crippen molar-refractivity contribution in [1.29, 1.82) is 5.26 Å². The van der Waals surface area contributed by atoms with Crippen molar-refractivity contribution in [2.75, 3.05) is 0 Å². The molecule has 5 heteroatoms. The van der Waals surface area contributed by atoms with Gasteiger partial charge in [0.15, 0.2) is 0 Å². The molecule has 0 bridgehead atoms. The molecule has 0 spiro atoms. The number of ether oxygens (including phenoxy) is 1. The number of benzene rings is 2. The molecule has 0 fully saturated rings. The smallest absolute Gasteiger partial charge is 0.405 e. The van der Waals surface area contributed by atoms with Crippen molar-refractivity contribution in [2.45, 2.75) is 13.3 Å². The Labute approximate surface area is 114 Å². The molecule has 0 heterocycles. The molecule has 2 aromatic carbocycles. The van der Waals surface area contributed by atoms with Gasteiger partial charge in [0.2, 0.25) is 0 Å². The Morgan fingerprint density at radius 2 is 1.75 bits per heavy atom. The van der Waals surface area contributed by atoms with Gasteiger partial charge in [-0.05, 0) is 36.2 Å². The fourth-order valence-corrected chi connectivity index (χ4v) is 1.88. The third-order valence-electron chi connectivity index (χ3n) is 2.77. The number of para-hydroxylation sites is 1. The summed E-state index contributed by atoms with van der Waals surface area (Å²) in [6, 6.07) is 12.7. The van der Waals surface area contributed by atoms with Gasteiger partial charge in [-0.2, -0.15) is 5.26 Å². The van der Waals surface area contributed by atoms with Gasteiger partial charge in [-0.3, -0.25) is 0 Å². The Morgan fingerprint density at radius 1 is 1.05 bits per heavy atom. The fraction of sp³-hybridized carbons (Fsp3) is 0.133. The summed E-state index contributed by atoms with van der Waals surface area (Å²) in [4.78, 5) is 0. The van der Waals surface area contributed by atoms with Crippen LogP contribution in [0.1, 0.15) is 11.1 Å². The van der Waals surface area contributed by atoms with Crippen LogP contribution in [0, 0.1) is 18.3 Å². The molecule has 0 N–H and O–H groups in total. The molecular weight excluding hydrogens is 267 g/mol. The van der Waals surface area contributed by atoms with Crippen molar-refractivity contribution in [1.82, 2.24) is 0 Å². The lowest BCUT2D eigenvalue weighted by Gasteiger charge is -2.14. The second-order valence-corrected chi connectivity index (χ2v) is 4.19. The van der Waals surface area contributed by atoms with E-state index in [1.807, 2.05) is 6.07 Å². The lowest BCUT2D eigenvalue weighted by atomic mass is 9.98. The minimum absolute atomic E-state index is 0.279. The van der Waals surface area contributed by atoms with E-state index < -0.39 is 6.36 Å². The van der Waals surface area contributed by atoms with Gasteiger partial charge in [0.05, 0.1) is 11.6 Å². The van der Waals surface area contributed by atoms with Gasteiger partial charge >= 0.3 is 6.36 Å². The summed E-state index contributed by atoms with van der Waals surface area (Å²) >= 11 is 0. The summed E-state index contributed by atoms with van der Waals surface area (Å²) < 4.78 is 41.3. The van der Waals surface area contributed by atoms with Crippen molar-refractivity contribution in [3.63, 3.8) is 0 Å². The Balaban J connectivity index is 2.56. The standard InChI is InChI=1S/C15H10F3NO/c1-10-6-7-11(9-19)8-13(10)12-4-2-3-5-14(12)20-15(16,17)18/h2-8H,1H3. The Bertz CT molecular complexity index is 672. The third kappa shape index (κ3) is 3.09. The lowest BCUT2D eigenvalue weighted by Crippen LogP contribution is -2.17. The van der Waals surface area contributed by atoms with Gasteiger partial charge in [-0.25, -0.2) is 0 Å². The average molecular weight is 277 g/mol. The topological polar surface area (TPSA) is 33.0 Å². The second-order valence-electron chi connectivity index (χ2n) is 4.19. The van der Waals surface area contributed by atoms with Crippen LogP contribution in [0.15, 0.2) is 42.5 Å². The zero-order valence-corrected chi connectivity index (χ0v) is 10.5. The molecule has 2 nitrogen and oxygen atoms in total. The fourth-order valence-electron chi connectivity index (χ4n) is 1.88. The summed E-state index contributed by atoms with van der Waals surface area (Å²) in [6.07, 6.45) is -4.75. The quantitative estimate of drug-likeness (QED) is 0.813. The van der Waals surface area contributed by atoms with Crippen LogP contribution in [0.5, 0.6) is 5.75 Å². The number of nitriles is 1. The third-order valence-corrected chi connectivity index (χ3v) is 2.77. The number of halogens is 3. The zero-order valence-electron chi connectivity index (χ0n) is 10.5. The van der Waals surface area contributed by atoms with Crippen LogP contribution in [0.25, 0.3) is 11.1 Å². The van der Waals surface area contributed by atoms with E-state index in [2.05, 4.69) is 4.74 Å². The van der Waals surface area contributed by atoms with Gasteiger partial charge in [-0.1, -0.05) is 24.3 Å². The largest absolute Gasteiger partial charge is 0.573 e. The molecule has 0 unspecified atom stereocenters. The predicted molar refractivity (Wildman–Crippen MR) is 68.0 cm³/mol. The molecule has 20 heavy (non-hydrogen) atoms. The number of aryl methyl sites for hydroxylation is 1. The Hall–Kier alpha value is -2.48. The minimum Gasteiger partial charge on any atom is -0.405 e. The first kappa shape index (κ1) is 13.9. The molecule has 2 rings (SSSR count). The van der Waals surface area contributed by atoms with E-state index in [0.717, 1.165) is 5.56 Å². The Kier molecular flexibility index (Phi) is 3.66. The number of hydrogen-bond acceptors (Lipinski definition) is 2. The monoisotopic (exact) mass is 277 g/mol. The highest BCUT2D eigenvalue weighted by atomic mass is 19.4. The SMILES string of the molecule is Cc1ccc(C#N)cc1-c1ccccc1OC(F)(F)F. The van der Waals surface area contributed by atoms with Crippen molar-refractivity contribution >= 4 is 0 Å². The van der Waals surface area contributed by atoms with Gasteiger partial charge in [0.1, 0.15) is 5.75 Å². The van der Waals surface area contributed by atoms with E-state index in [1.165, 1.54) is 18.2 Å². The average Bonchev–Trinajstić information content (AvgIpc) is 2.38. The van der Waals surface area contributed by atoms with E-state index in [-0.39, 0.29) is 5.75 Å². The second kappa shape index (κ2) is 5.25. The van der Waals surface area contributed by atoms with Gasteiger partial charge < -0.3 is 4.74 Å². The summed E-state index contributed by atoms with van der Waals surface area (Å²) in [7, 11) is 0. The molecule has 0 saturated heterocycles. The molecule has 0 aliphatic carbocycles. The molecular formula is C15H10F3NO. The summed E-state index contributed by atoms with van der Waals surface area (Å²) in [5, 5.41) is 8.89. The molecule has 102 valence electrons. The van der Waals surface area contributed by atoms with Crippen molar-refractivity contribution in [3.05, 3.63) is 53.6 Å². The minimum atomic E-state index is -4.75. The van der Waals surface area contributed by atoms with Gasteiger partial charge in [0, 0.05) is 5.56 Å². The summed E-state index contributed by atoms with van der Waals surface area (Å²) in [5.41, 5.74) is 2.00. The van der Waals surface area contributed by atoms with Crippen molar-refractivity contribution in [2.24, 2.45) is 0 Å². The maximum atomic E-state index is 12.4. The number of alkyl halides is 3. The van der Waals surface area contributed by atoms with Crippen LogP contribution >= 0.6 is 0 Å². The van der Waals surface area contributed by atoms with Crippen molar-refractivity contribution < 1.29 is 17.9 Å². The first-order valence-corrected chi connectivity index (χ1v) is 5.76. The molecule has 0 radical (unpaired) electrons. The van der Waals surface area contributed by atoms with Crippen LogP contribution in [0.3, 0.4) is 0 Å². The van der Waals surface area contributed by atoms with E-state index in [0.29, 0.717) is 16.7 Å². The molecule has 0 aliphatic heterocycles. The zero-order chi connectivity index (χ0) is 14.8. The first-order chi connectivity index (χ1) is 9.40.